The summed E-state index contributed by atoms with van der Waals surface area (Å²) in [5.74, 6) is -0.886. The van der Waals surface area contributed by atoms with Gasteiger partial charge in [-0.15, -0.1) is 0 Å². The molecule has 21 heavy (non-hydrogen) atoms. The molecule has 0 aliphatic carbocycles. The highest BCUT2D eigenvalue weighted by Crippen LogP contribution is 2.09. The van der Waals surface area contributed by atoms with Crippen LogP contribution in [0.15, 0.2) is 24.3 Å². The maximum atomic E-state index is 11.9. The van der Waals surface area contributed by atoms with Crippen molar-refractivity contribution in [2.24, 2.45) is 0 Å². The van der Waals surface area contributed by atoms with E-state index in [0.29, 0.717) is 31.9 Å². The number of carbonyl (C=O) groups is 2. The molecule has 1 aromatic carbocycles. The zero-order valence-electron chi connectivity index (χ0n) is 12.5. The summed E-state index contributed by atoms with van der Waals surface area (Å²) in [7, 11) is 1.69. The Morgan fingerprint density at radius 3 is 2.57 bits per heavy atom. The Hall–Kier alpha value is -2.08. The first-order valence-electron chi connectivity index (χ1n) is 6.89. The predicted molar refractivity (Wildman–Crippen MR) is 79.1 cm³/mol. The van der Waals surface area contributed by atoms with Gasteiger partial charge in [0.15, 0.2) is 0 Å². The van der Waals surface area contributed by atoms with E-state index in [1.54, 1.807) is 19.2 Å². The molecule has 0 aliphatic heterocycles. The van der Waals surface area contributed by atoms with Crippen molar-refractivity contribution in [3.8, 4) is 0 Å². The van der Waals surface area contributed by atoms with Crippen LogP contribution in [-0.2, 0) is 22.5 Å². The summed E-state index contributed by atoms with van der Waals surface area (Å²) in [6.07, 6.45) is -0.0494. The third-order valence-corrected chi connectivity index (χ3v) is 3.01. The van der Waals surface area contributed by atoms with Crippen molar-refractivity contribution in [2.75, 3.05) is 26.8 Å². The van der Waals surface area contributed by atoms with E-state index in [4.69, 9.17) is 9.84 Å². The molecule has 0 atom stereocenters. The van der Waals surface area contributed by atoms with E-state index in [-0.39, 0.29) is 12.5 Å². The molecule has 0 aliphatic rings. The highest BCUT2D eigenvalue weighted by atomic mass is 16.5. The van der Waals surface area contributed by atoms with Crippen molar-refractivity contribution in [3.05, 3.63) is 35.4 Å². The zero-order chi connectivity index (χ0) is 15.7. The van der Waals surface area contributed by atoms with Crippen LogP contribution in [0.1, 0.15) is 18.1 Å². The van der Waals surface area contributed by atoms with Crippen LogP contribution in [0, 0.1) is 0 Å². The van der Waals surface area contributed by atoms with Gasteiger partial charge in [0.1, 0.15) is 0 Å². The van der Waals surface area contributed by atoms with E-state index >= 15 is 0 Å². The SMILES string of the molecule is CCOCCN(C)C(=O)NCc1ccccc1CC(=O)O. The number of aliphatic carboxylic acids is 1. The average Bonchev–Trinajstić information content (AvgIpc) is 2.45. The molecule has 6 nitrogen and oxygen atoms in total. The number of likely N-dealkylation sites (N-methyl/N-ethyl adjacent to an activating group) is 1. The highest BCUT2D eigenvalue weighted by molar-refractivity contribution is 5.74. The maximum Gasteiger partial charge on any atom is 0.317 e. The molecule has 1 rings (SSSR count). The number of carboxylic acids is 1. The summed E-state index contributed by atoms with van der Waals surface area (Å²) in [6, 6.07) is 6.98. The van der Waals surface area contributed by atoms with Gasteiger partial charge in [0, 0.05) is 26.7 Å². The number of nitrogens with one attached hydrogen (secondary N) is 1. The van der Waals surface area contributed by atoms with Crippen LogP contribution in [0.4, 0.5) is 4.79 Å². The molecule has 0 radical (unpaired) electrons. The van der Waals surface area contributed by atoms with Gasteiger partial charge in [0.25, 0.3) is 0 Å². The van der Waals surface area contributed by atoms with Crippen molar-refractivity contribution in [2.45, 2.75) is 19.9 Å². The topological polar surface area (TPSA) is 78.9 Å². The van der Waals surface area contributed by atoms with Gasteiger partial charge in [-0.25, -0.2) is 4.79 Å². The first-order chi connectivity index (χ1) is 10.0. The predicted octanol–water partition coefficient (Wildman–Crippen LogP) is 1.49. The van der Waals surface area contributed by atoms with Gasteiger partial charge in [0.05, 0.1) is 13.0 Å². The number of nitrogens with zero attached hydrogens (tertiary/aromatic N) is 1. The summed E-state index contributed by atoms with van der Waals surface area (Å²) in [5.41, 5.74) is 1.52. The van der Waals surface area contributed by atoms with Crippen molar-refractivity contribution in [1.82, 2.24) is 10.2 Å². The second kappa shape index (κ2) is 8.97. The average molecular weight is 294 g/mol. The quantitative estimate of drug-likeness (QED) is 0.712. The van der Waals surface area contributed by atoms with Crippen LogP contribution in [0.3, 0.4) is 0 Å². The minimum absolute atomic E-state index is 0.0494. The summed E-state index contributed by atoms with van der Waals surface area (Å²) >= 11 is 0. The van der Waals surface area contributed by atoms with E-state index < -0.39 is 5.97 Å². The molecule has 1 aromatic rings. The lowest BCUT2D eigenvalue weighted by Crippen LogP contribution is -2.38. The molecular formula is C15H22N2O4. The summed E-state index contributed by atoms with van der Waals surface area (Å²) < 4.78 is 5.19. The molecular weight excluding hydrogens is 272 g/mol. The third kappa shape index (κ3) is 6.27. The molecule has 0 bridgehead atoms. The lowest BCUT2D eigenvalue weighted by atomic mass is 10.0. The van der Waals surface area contributed by atoms with Crippen LogP contribution in [-0.4, -0.2) is 48.8 Å². The monoisotopic (exact) mass is 294 g/mol. The van der Waals surface area contributed by atoms with Crippen LogP contribution in [0.5, 0.6) is 0 Å². The van der Waals surface area contributed by atoms with Crippen LogP contribution >= 0.6 is 0 Å². The number of benzene rings is 1. The molecule has 2 amide bonds. The van der Waals surface area contributed by atoms with E-state index in [1.807, 2.05) is 19.1 Å². The van der Waals surface area contributed by atoms with E-state index in [2.05, 4.69) is 5.32 Å². The Kier molecular flexibility index (Phi) is 7.25. The molecule has 0 unspecified atom stereocenters. The zero-order valence-corrected chi connectivity index (χ0v) is 12.5. The summed E-state index contributed by atoms with van der Waals surface area (Å²) in [6.45, 7) is 3.84. The molecule has 116 valence electrons. The maximum absolute atomic E-state index is 11.9. The Labute approximate surface area is 124 Å². The molecule has 0 saturated carbocycles. The number of rotatable bonds is 8. The normalized spacial score (nSPS) is 10.2. The van der Waals surface area contributed by atoms with E-state index in [9.17, 15) is 9.59 Å². The number of hydrogen-bond donors (Lipinski definition) is 2. The van der Waals surface area contributed by atoms with Crippen molar-refractivity contribution in [1.29, 1.82) is 0 Å². The Morgan fingerprint density at radius 2 is 1.95 bits per heavy atom. The number of urea groups is 1. The van der Waals surface area contributed by atoms with Crippen molar-refractivity contribution < 1.29 is 19.4 Å². The molecule has 0 aromatic heterocycles. The fraction of sp³-hybridized carbons (Fsp3) is 0.467. The smallest absolute Gasteiger partial charge is 0.317 e. The van der Waals surface area contributed by atoms with Gasteiger partial charge in [-0.3, -0.25) is 4.79 Å². The number of amides is 2. The largest absolute Gasteiger partial charge is 0.481 e. The van der Waals surface area contributed by atoms with Crippen LogP contribution in [0.25, 0.3) is 0 Å². The minimum atomic E-state index is -0.886. The van der Waals surface area contributed by atoms with Gasteiger partial charge < -0.3 is 20.1 Å². The number of ether oxygens (including phenoxy) is 1. The van der Waals surface area contributed by atoms with Gasteiger partial charge in [-0.2, -0.15) is 0 Å². The van der Waals surface area contributed by atoms with E-state index in [1.165, 1.54) is 4.90 Å². The standard InChI is InChI=1S/C15H22N2O4/c1-3-21-9-8-17(2)15(20)16-11-13-7-5-4-6-12(13)10-14(18)19/h4-7H,3,8-11H2,1-2H3,(H,16,20)(H,18,19). The van der Waals surface area contributed by atoms with Gasteiger partial charge in [0.2, 0.25) is 0 Å². The number of hydrogen-bond acceptors (Lipinski definition) is 3. The molecule has 0 spiro atoms. The van der Waals surface area contributed by atoms with Crippen LogP contribution < -0.4 is 5.32 Å². The minimum Gasteiger partial charge on any atom is -0.481 e. The first kappa shape index (κ1) is 17.0. The molecule has 2 N–H and O–H groups in total. The molecule has 6 heteroatoms. The Balaban J connectivity index is 2.50. The highest BCUT2D eigenvalue weighted by Gasteiger charge is 2.10. The molecule has 0 fully saturated rings. The van der Waals surface area contributed by atoms with Crippen LogP contribution in [0.2, 0.25) is 0 Å². The lowest BCUT2D eigenvalue weighted by molar-refractivity contribution is -0.136. The Bertz CT molecular complexity index is 476. The molecule has 0 saturated heterocycles. The van der Waals surface area contributed by atoms with Gasteiger partial charge >= 0.3 is 12.0 Å². The van der Waals surface area contributed by atoms with Crippen molar-refractivity contribution in [3.63, 3.8) is 0 Å². The second-order valence-corrected chi connectivity index (χ2v) is 4.62. The number of carbonyl (C=O) groups excluding carboxylic acids is 1. The van der Waals surface area contributed by atoms with Crippen molar-refractivity contribution >= 4 is 12.0 Å². The van der Waals surface area contributed by atoms with Gasteiger partial charge in [-0.1, -0.05) is 24.3 Å². The fourth-order valence-electron chi connectivity index (χ4n) is 1.82. The second-order valence-electron chi connectivity index (χ2n) is 4.62. The fourth-order valence-corrected chi connectivity index (χ4v) is 1.82. The number of carboxylic acid groups (broad SMARTS) is 1. The summed E-state index contributed by atoms with van der Waals surface area (Å²) in [5, 5.41) is 11.6. The Morgan fingerprint density at radius 1 is 1.29 bits per heavy atom. The van der Waals surface area contributed by atoms with E-state index in [0.717, 1.165) is 5.56 Å². The lowest BCUT2D eigenvalue weighted by Gasteiger charge is -2.18. The van der Waals surface area contributed by atoms with Gasteiger partial charge in [-0.05, 0) is 18.1 Å². The summed E-state index contributed by atoms with van der Waals surface area (Å²) in [4.78, 5) is 24.2. The molecule has 0 heterocycles. The first-order valence-corrected chi connectivity index (χ1v) is 6.89. The third-order valence-electron chi connectivity index (χ3n) is 3.01.